The van der Waals surface area contributed by atoms with Crippen LogP contribution in [0.2, 0.25) is 0 Å². The third-order valence-corrected chi connectivity index (χ3v) is 4.94. The summed E-state index contributed by atoms with van der Waals surface area (Å²) in [6, 6.07) is 5.95. The molecule has 10 heteroatoms. The van der Waals surface area contributed by atoms with Crippen molar-refractivity contribution in [2.45, 2.75) is 24.3 Å². The maximum absolute atomic E-state index is 12.4. The number of nitrogens with one attached hydrogen (secondary N) is 1. The largest absolute Gasteiger partial charge is 0.466 e. The fourth-order valence-corrected chi connectivity index (χ4v) is 3.52. The Morgan fingerprint density at radius 2 is 2.12 bits per heavy atom. The molecule has 6 nitrogen and oxygen atoms in total. The van der Waals surface area contributed by atoms with Crippen molar-refractivity contribution in [3.63, 3.8) is 0 Å². The van der Waals surface area contributed by atoms with Crippen LogP contribution in [0.1, 0.15) is 12.6 Å². The van der Waals surface area contributed by atoms with Gasteiger partial charge in [0.05, 0.1) is 30.2 Å². The zero-order valence-corrected chi connectivity index (χ0v) is 15.4. The van der Waals surface area contributed by atoms with Crippen LogP contribution in [-0.2, 0) is 20.7 Å². The number of anilines is 1. The summed E-state index contributed by atoms with van der Waals surface area (Å²) in [4.78, 5) is 27.7. The number of carbonyl (C=O) groups excluding carboxylic acids is 2. The molecule has 0 saturated carbocycles. The summed E-state index contributed by atoms with van der Waals surface area (Å²) in [6.07, 6.45) is 0.0788. The Labute approximate surface area is 156 Å². The van der Waals surface area contributed by atoms with E-state index in [0.717, 1.165) is 0 Å². The average molecular weight is 402 g/mol. The number of benzene rings is 1. The van der Waals surface area contributed by atoms with Gasteiger partial charge in [-0.15, -0.1) is 11.3 Å². The second-order valence-corrected chi connectivity index (χ2v) is 6.88. The quantitative estimate of drug-likeness (QED) is 0.510. The summed E-state index contributed by atoms with van der Waals surface area (Å²) in [6.45, 7) is -0.944. The first-order valence-electron chi connectivity index (χ1n) is 7.54. The maximum atomic E-state index is 12.4. The van der Waals surface area contributed by atoms with Gasteiger partial charge in [0.1, 0.15) is 5.75 Å². The number of esters is 1. The molecule has 0 radical (unpaired) electrons. The van der Waals surface area contributed by atoms with Crippen molar-refractivity contribution in [2.24, 2.45) is 0 Å². The molecule has 1 amide bonds. The van der Waals surface area contributed by atoms with Crippen LogP contribution in [0.4, 0.5) is 14.5 Å². The van der Waals surface area contributed by atoms with E-state index in [9.17, 15) is 18.4 Å². The summed E-state index contributed by atoms with van der Waals surface area (Å²) < 4.78 is 34.6. The minimum atomic E-state index is -2.98. The van der Waals surface area contributed by atoms with Gasteiger partial charge in [-0.3, -0.25) is 9.59 Å². The molecule has 140 valence electrons. The van der Waals surface area contributed by atoms with Crippen molar-refractivity contribution in [2.75, 3.05) is 17.7 Å². The Hall–Kier alpha value is -2.20. The number of hydrogen-bond acceptors (Lipinski definition) is 7. The number of carbonyl (C=O) groups is 2. The predicted molar refractivity (Wildman–Crippen MR) is 94.9 cm³/mol. The summed E-state index contributed by atoms with van der Waals surface area (Å²) in [7, 11) is 0. The Kier molecular flexibility index (Phi) is 7.79. The van der Waals surface area contributed by atoms with Crippen molar-refractivity contribution in [1.82, 2.24) is 4.98 Å². The molecule has 2 rings (SSSR count). The molecule has 1 aromatic carbocycles. The zero-order valence-electron chi connectivity index (χ0n) is 13.7. The molecule has 0 aliphatic carbocycles. The van der Waals surface area contributed by atoms with E-state index in [1.54, 1.807) is 18.4 Å². The number of alkyl halides is 2. The third kappa shape index (κ3) is 6.60. The van der Waals surface area contributed by atoms with Gasteiger partial charge in [-0.25, -0.2) is 4.98 Å². The third-order valence-electron chi connectivity index (χ3n) is 2.87. The first-order chi connectivity index (χ1) is 12.5. The van der Waals surface area contributed by atoms with Crippen LogP contribution < -0.4 is 10.1 Å². The van der Waals surface area contributed by atoms with E-state index < -0.39 is 6.61 Å². The molecule has 1 aromatic heterocycles. The molecule has 0 saturated heterocycles. The molecular formula is C16H16F2N2O4S2. The molecular weight excluding hydrogens is 386 g/mol. The Morgan fingerprint density at radius 1 is 1.35 bits per heavy atom. The Bertz CT molecular complexity index is 755. The van der Waals surface area contributed by atoms with Crippen LogP contribution in [0.15, 0.2) is 34.0 Å². The number of amides is 1. The standard InChI is InChI=1S/C16H16F2N2O4S2/c1-2-23-14(22)7-10-8-25-16(19-10)26-9-13(21)20-11-5-3-4-6-12(11)24-15(17)18/h3-6,8,15H,2,7,9H2,1H3,(H,20,21). The van der Waals surface area contributed by atoms with Gasteiger partial charge in [0, 0.05) is 5.38 Å². The lowest BCUT2D eigenvalue weighted by Crippen LogP contribution is -2.15. The number of nitrogens with zero attached hydrogens (tertiary/aromatic N) is 1. The second-order valence-electron chi connectivity index (χ2n) is 4.80. The molecule has 0 spiro atoms. The molecule has 0 fully saturated rings. The topological polar surface area (TPSA) is 77.5 Å². The van der Waals surface area contributed by atoms with Gasteiger partial charge in [0.25, 0.3) is 0 Å². The first kappa shape index (κ1) is 20.1. The summed E-state index contributed by atoms with van der Waals surface area (Å²) >= 11 is 2.49. The van der Waals surface area contributed by atoms with E-state index in [4.69, 9.17) is 4.74 Å². The van der Waals surface area contributed by atoms with Gasteiger partial charge < -0.3 is 14.8 Å². The van der Waals surface area contributed by atoms with Crippen molar-refractivity contribution in [1.29, 1.82) is 0 Å². The van der Waals surface area contributed by atoms with Crippen LogP contribution in [0.25, 0.3) is 0 Å². The van der Waals surface area contributed by atoms with Gasteiger partial charge in [0.2, 0.25) is 5.91 Å². The van der Waals surface area contributed by atoms with Crippen LogP contribution in [-0.4, -0.2) is 35.8 Å². The lowest BCUT2D eigenvalue weighted by molar-refractivity contribution is -0.142. The number of rotatable bonds is 9. The highest BCUT2D eigenvalue weighted by Gasteiger charge is 2.13. The van der Waals surface area contributed by atoms with Gasteiger partial charge in [-0.2, -0.15) is 8.78 Å². The van der Waals surface area contributed by atoms with Crippen LogP contribution in [0.5, 0.6) is 5.75 Å². The predicted octanol–water partition coefficient (Wildman–Crippen LogP) is 3.58. The number of halogens is 2. The lowest BCUT2D eigenvalue weighted by Gasteiger charge is -2.11. The lowest BCUT2D eigenvalue weighted by atomic mass is 10.3. The van der Waals surface area contributed by atoms with Crippen molar-refractivity contribution >= 4 is 40.7 Å². The molecule has 1 N–H and O–H groups in total. The SMILES string of the molecule is CCOC(=O)Cc1csc(SCC(=O)Nc2ccccc2OC(F)F)n1. The van der Waals surface area contributed by atoms with Gasteiger partial charge >= 0.3 is 12.6 Å². The molecule has 2 aromatic rings. The van der Waals surface area contributed by atoms with Crippen LogP contribution >= 0.6 is 23.1 Å². The molecule has 26 heavy (non-hydrogen) atoms. The number of ether oxygens (including phenoxy) is 2. The normalized spacial score (nSPS) is 10.6. The maximum Gasteiger partial charge on any atom is 0.387 e. The number of para-hydroxylation sites is 2. The van der Waals surface area contributed by atoms with Crippen molar-refractivity contribution in [3.05, 3.63) is 35.3 Å². The number of thiazole rings is 1. The molecule has 0 atom stereocenters. The number of aromatic nitrogens is 1. The fourth-order valence-electron chi connectivity index (χ4n) is 1.88. The summed E-state index contributed by atoms with van der Waals surface area (Å²) in [5, 5.41) is 4.25. The molecule has 0 aliphatic rings. The van der Waals surface area contributed by atoms with E-state index >= 15 is 0 Å². The van der Waals surface area contributed by atoms with Crippen LogP contribution in [0.3, 0.4) is 0 Å². The highest BCUT2D eigenvalue weighted by Crippen LogP contribution is 2.27. The number of thioether (sulfide) groups is 1. The number of hydrogen-bond donors (Lipinski definition) is 1. The zero-order chi connectivity index (χ0) is 18.9. The van der Waals surface area contributed by atoms with Crippen molar-refractivity contribution in [3.8, 4) is 5.75 Å². The van der Waals surface area contributed by atoms with Gasteiger partial charge in [-0.05, 0) is 19.1 Å². The van der Waals surface area contributed by atoms with Crippen molar-refractivity contribution < 1.29 is 27.8 Å². The van der Waals surface area contributed by atoms with E-state index in [0.29, 0.717) is 16.6 Å². The van der Waals surface area contributed by atoms with E-state index in [-0.39, 0.29) is 35.5 Å². The monoisotopic (exact) mass is 402 g/mol. The van der Waals surface area contributed by atoms with E-state index in [1.165, 1.54) is 41.3 Å². The summed E-state index contributed by atoms with van der Waals surface area (Å²) in [5.74, 6) is -0.813. The molecule has 0 bridgehead atoms. The second kappa shape index (κ2) is 10.1. The summed E-state index contributed by atoms with van der Waals surface area (Å²) in [5.41, 5.74) is 0.743. The molecule has 0 unspecified atom stereocenters. The minimum Gasteiger partial charge on any atom is -0.466 e. The Morgan fingerprint density at radius 3 is 2.85 bits per heavy atom. The van der Waals surface area contributed by atoms with E-state index in [2.05, 4.69) is 15.0 Å². The highest BCUT2D eigenvalue weighted by molar-refractivity contribution is 8.01. The molecule has 0 aliphatic heterocycles. The fraction of sp³-hybridized carbons (Fsp3) is 0.312. The Balaban J connectivity index is 1.86. The molecule has 1 heterocycles. The highest BCUT2D eigenvalue weighted by atomic mass is 32.2. The van der Waals surface area contributed by atoms with E-state index in [1.807, 2.05) is 0 Å². The van der Waals surface area contributed by atoms with Gasteiger partial charge in [0.15, 0.2) is 4.34 Å². The first-order valence-corrected chi connectivity index (χ1v) is 9.41. The van der Waals surface area contributed by atoms with Crippen LogP contribution in [0, 0.1) is 0 Å². The minimum absolute atomic E-state index is 0.0371. The smallest absolute Gasteiger partial charge is 0.387 e. The van der Waals surface area contributed by atoms with Gasteiger partial charge in [-0.1, -0.05) is 23.9 Å². The average Bonchev–Trinajstić information content (AvgIpc) is 3.02.